The third-order valence-corrected chi connectivity index (χ3v) is 4.67. The molecule has 0 atom stereocenters. The summed E-state index contributed by atoms with van der Waals surface area (Å²) in [5.74, 6) is 0.876. The first-order valence-electron chi connectivity index (χ1n) is 5.50. The van der Waals surface area contributed by atoms with Crippen LogP contribution in [0.3, 0.4) is 0 Å². The summed E-state index contributed by atoms with van der Waals surface area (Å²) >= 11 is 4.86. The number of carbonyl (C=O) groups excluding carboxylic acids is 1. The van der Waals surface area contributed by atoms with E-state index in [2.05, 4.69) is 29.4 Å². The summed E-state index contributed by atoms with van der Waals surface area (Å²) < 4.78 is 0. The van der Waals surface area contributed by atoms with Crippen LogP contribution in [0.15, 0.2) is 17.5 Å². The number of thiophene rings is 1. The normalized spacial score (nSPS) is 10.6. The topological polar surface area (TPSA) is 42.0 Å². The lowest BCUT2D eigenvalue weighted by Crippen LogP contribution is -2.11. The minimum Gasteiger partial charge on any atom is -0.302 e. The van der Waals surface area contributed by atoms with Gasteiger partial charge in [-0.25, -0.2) is 4.98 Å². The van der Waals surface area contributed by atoms with E-state index in [4.69, 9.17) is 0 Å². The molecule has 3 nitrogen and oxygen atoms in total. The summed E-state index contributed by atoms with van der Waals surface area (Å²) in [6.45, 7) is 2.08. The van der Waals surface area contributed by atoms with Gasteiger partial charge in [0.15, 0.2) is 5.13 Å². The third-order valence-electron chi connectivity index (χ3n) is 2.28. The lowest BCUT2D eigenvalue weighted by Gasteiger charge is -1.99. The number of thiazole rings is 1. The maximum atomic E-state index is 11.6. The Labute approximate surface area is 119 Å². The van der Waals surface area contributed by atoms with Crippen LogP contribution in [-0.4, -0.2) is 22.9 Å². The predicted octanol–water partition coefficient (Wildman–Crippen LogP) is 3.87. The number of thioether (sulfide) groups is 1. The summed E-state index contributed by atoms with van der Waals surface area (Å²) in [4.78, 5) is 18.4. The van der Waals surface area contributed by atoms with Crippen molar-refractivity contribution in [1.29, 1.82) is 0 Å². The molecular weight excluding hydrogens is 284 g/mol. The van der Waals surface area contributed by atoms with Crippen LogP contribution in [0.1, 0.15) is 11.3 Å². The number of amides is 1. The van der Waals surface area contributed by atoms with E-state index in [1.807, 2.05) is 11.6 Å². The molecule has 2 rings (SSSR count). The number of aromatic nitrogens is 1. The van der Waals surface area contributed by atoms with Gasteiger partial charge in [-0.2, -0.15) is 11.8 Å². The SMILES string of the molecule is CSCCC(=O)Nc1nc(-c2ccc(C)s2)cs1. The summed E-state index contributed by atoms with van der Waals surface area (Å²) in [5, 5.41) is 5.50. The van der Waals surface area contributed by atoms with Gasteiger partial charge in [-0.05, 0) is 25.3 Å². The summed E-state index contributed by atoms with van der Waals surface area (Å²) in [6.07, 6.45) is 2.53. The molecule has 0 aliphatic carbocycles. The fourth-order valence-corrected chi connectivity index (χ4v) is 3.41. The Bertz CT molecular complexity index is 533. The lowest BCUT2D eigenvalue weighted by molar-refractivity contribution is -0.115. The Morgan fingerprint density at radius 2 is 2.33 bits per heavy atom. The molecule has 2 aromatic heterocycles. The van der Waals surface area contributed by atoms with Gasteiger partial charge in [0.1, 0.15) is 0 Å². The first-order valence-corrected chi connectivity index (χ1v) is 8.59. The number of hydrogen-bond donors (Lipinski definition) is 1. The fourth-order valence-electron chi connectivity index (χ4n) is 1.39. The number of nitrogens with one attached hydrogen (secondary N) is 1. The minimum atomic E-state index is 0.0348. The second-order valence-electron chi connectivity index (χ2n) is 3.74. The Morgan fingerprint density at radius 3 is 3.00 bits per heavy atom. The number of rotatable bonds is 5. The van der Waals surface area contributed by atoms with Crippen LogP contribution in [0.5, 0.6) is 0 Å². The van der Waals surface area contributed by atoms with E-state index in [-0.39, 0.29) is 5.91 Å². The Balaban J connectivity index is 2.00. The van der Waals surface area contributed by atoms with Gasteiger partial charge >= 0.3 is 0 Å². The Morgan fingerprint density at radius 1 is 1.50 bits per heavy atom. The number of hydrogen-bond acceptors (Lipinski definition) is 5. The van der Waals surface area contributed by atoms with E-state index in [9.17, 15) is 4.79 Å². The lowest BCUT2D eigenvalue weighted by atomic mass is 10.4. The van der Waals surface area contributed by atoms with E-state index >= 15 is 0 Å². The average molecular weight is 298 g/mol. The Hall–Kier alpha value is -0.850. The highest BCUT2D eigenvalue weighted by atomic mass is 32.2. The van der Waals surface area contributed by atoms with E-state index in [1.165, 1.54) is 16.2 Å². The summed E-state index contributed by atoms with van der Waals surface area (Å²) in [5.41, 5.74) is 0.943. The molecule has 1 amide bonds. The summed E-state index contributed by atoms with van der Waals surface area (Å²) in [6, 6.07) is 4.14. The molecule has 2 aromatic rings. The van der Waals surface area contributed by atoms with Gasteiger partial charge in [-0.3, -0.25) is 4.79 Å². The molecule has 0 saturated carbocycles. The highest BCUT2D eigenvalue weighted by Gasteiger charge is 2.08. The first kappa shape index (κ1) is 13.6. The monoisotopic (exact) mass is 298 g/mol. The third kappa shape index (κ3) is 3.57. The molecule has 0 aliphatic rings. The fraction of sp³-hybridized carbons (Fsp3) is 0.333. The summed E-state index contributed by atoms with van der Waals surface area (Å²) in [7, 11) is 0. The van der Waals surface area contributed by atoms with Crippen molar-refractivity contribution >= 4 is 45.5 Å². The highest BCUT2D eigenvalue weighted by Crippen LogP contribution is 2.30. The van der Waals surface area contributed by atoms with Crippen LogP contribution in [-0.2, 0) is 4.79 Å². The molecule has 0 aromatic carbocycles. The van der Waals surface area contributed by atoms with E-state index in [0.717, 1.165) is 16.3 Å². The van der Waals surface area contributed by atoms with Gasteiger partial charge < -0.3 is 5.32 Å². The van der Waals surface area contributed by atoms with Crippen LogP contribution >= 0.6 is 34.4 Å². The molecule has 0 saturated heterocycles. The van der Waals surface area contributed by atoms with Crippen LogP contribution in [0, 0.1) is 6.92 Å². The first-order chi connectivity index (χ1) is 8.69. The molecule has 0 aliphatic heterocycles. The van der Waals surface area contributed by atoms with Gasteiger partial charge in [0.25, 0.3) is 0 Å². The molecular formula is C12H14N2OS3. The highest BCUT2D eigenvalue weighted by molar-refractivity contribution is 7.98. The van der Waals surface area contributed by atoms with E-state index < -0.39 is 0 Å². The molecule has 0 spiro atoms. The van der Waals surface area contributed by atoms with Gasteiger partial charge in [0.05, 0.1) is 10.6 Å². The molecule has 6 heteroatoms. The molecule has 2 heterocycles. The van der Waals surface area contributed by atoms with Crippen LogP contribution in [0.25, 0.3) is 10.6 Å². The predicted molar refractivity (Wildman–Crippen MR) is 81.8 cm³/mol. The Kier molecular flexibility index (Phi) is 4.79. The molecule has 96 valence electrons. The van der Waals surface area contributed by atoms with Crippen molar-refractivity contribution in [3.63, 3.8) is 0 Å². The van der Waals surface area contributed by atoms with Gasteiger partial charge in [0.2, 0.25) is 5.91 Å². The largest absolute Gasteiger partial charge is 0.302 e. The van der Waals surface area contributed by atoms with Crippen molar-refractivity contribution in [3.05, 3.63) is 22.4 Å². The van der Waals surface area contributed by atoms with Crippen molar-refractivity contribution in [1.82, 2.24) is 4.98 Å². The number of aryl methyl sites for hydroxylation is 1. The van der Waals surface area contributed by atoms with Crippen LogP contribution in [0.2, 0.25) is 0 Å². The molecule has 1 N–H and O–H groups in total. The quantitative estimate of drug-likeness (QED) is 0.911. The van der Waals surface area contributed by atoms with Gasteiger partial charge in [0, 0.05) is 22.4 Å². The molecule has 0 radical (unpaired) electrons. The van der Waals surface area contributed by atoms with E-state index in [1.54, 1.807) is 23.1 Å². The smallest absolute Gasteiger partial charge is 0.226 e. The second kappa shape index (κ2) is 6.36. The van der Waals surface area contributed by atoms with Crippen molar-refractivity contribution < 1.29 is 4.79 Å². The molecule has 0 bridgehead atoms. The zero-order valence-corrected chi connectivity index (χ0v) is 12.7. The number of anilines is 1. The number of carbonyl (C=O) groups is 1. The van der Waals surface area contributed by atoms with Gasteiger partial charge in [-0.15, -0.1) is 22.7 Å². The molecule has 0 fully saturated rings. The van der Waals surface area contributed by atoms with Crippen molar-refractivity contribution in [2.24, 2.45) is 0 Å². The zero-order valence-electron chi connectivity index (χ0n) is 10.2. The van der Waals surface area contributed by atoms with Crippen molar-refractivity contribution in [2.75, 3.05) is 17.3 Å². The maximum absolute atomic E-state index is 11.6. The maximum Gasteiger partial charge on any atom is 0.226 e. The van der Waals surface area contributed by atoms with Crippen molar-refractivity contribution in [3.8, 4) is 10.6 Å². The van der Waals surface area contributed by atoms with Crippen molar-refractivity contribution in [2.45, 2.75) is 13.3 Å². The second-order valence-corrected chi connectivity index (χ2v) is 6.87. The average Bonchev–Trinajstić information content (AvgIpc) is 2.95. The van der Waals surface area contributed by atoms with Crippen LogP contribution in [0.4, 0.5) is 5.13 Å². The zero-order chi connectivity index (χ0) is 13.0. The molecule has 0 unspecified atom stereocenters. The van der Waals surface area contributed by atoms with E-state index in [0.29, 0.717) is 11.6 Å². The van der Waals surface area contributed by atoms with Gasteiger partial charge in [-0.1, -0.05) is 0 Å². The minimum absolute atomic E-state index is 0.0348. The number of nitrogens with zero attached hydrogens (tertiary/aromatic N) is 1. The molecule has 18 heavy (non-hydrogen) atoms. The standard InChI is InChI=1S/C12H14N2OS3/c1-8-3-4-10(18-8)9-7-17-12(13-9)14-11(15)5-6-16-2/h3-4,7H,5-6H2,1-2H3,(H,13,14,15). The van der Waals surface area contributed by atoms with Crippen LogP contribution < -0.4 is 5.32 Å².